The van der Waals surface area contributed by atoms with Crippen LogP contribution in [0.1, 0.15) is 10.4 Å². The lowest BCUT2D eigenvalue weighted by Crippen LogP contribution is -2.06. The third kappa shape index (κ3) is 1.34. The predicted molar refractivity (Wildman–Crippen MR) is 53.2 cm³/mol. The fraction of sp³-hybridized carbons (Fsp3) is 0. The number of aromatic amines is 1. The fourth-order valence-corrected chi connectivity index (χ4v) is 1.43. The van der Waals surface area contributed by atoms with Gasteiger partial charge < -0.3 is 15.2 Å². The molecular formula is C10H7NO4. The highest BCUT2D eigenvalue weighted by Crippen LogP contribution is 2.26. The van der Waals surface area contributed by atoms with Crippen molar-refractivity contribution in [2.45, 2.75) is 0 Å². The lowest BCUT2D eigenvalue weighted by Gasteiger charge is -2.02. The molecule has 0 bridgehead atoms. The lowest BCUT2D eigenvalue weighted by molar-refractivity contribution is 0.0694. The highest BCUT2D eigenvalue weighted by molar-refractivity contribution is 5.99. The molecule has 0 aliphatic heterocycles. The molecule has 0 saturated heterocycles. The van der Waals surface area contributed by atoms with Gasteiger partial charge in [0.15, 0.2) is 0 Å². The summed E-state index contributed by atoms with van der Waals surface area (Å²) in [6.45, 7) is 0. The van der Waals surface area contributed by atoms with Gasteiger partial charge in [0.2, 0.25) is 0 Å². The van der Waals surface area contributed by atoms with Crippen LogP contribution in [0.25, 0.3) is 10.8 Å². The molecule has 5 nitrogen and oxygen atoms in total. The van der Waals surface area contributed by atoms with Crippen LogP contribution in [-0.2, 0) is 0 Å². The standard InChI is InChI=1S/C10H7NO4/c12-8-5-3-4-11-9(13)6(5)1-2-7(8)10(14)15/h1-4,12H,(H,11,13)(H,14,15). The molecule has 0 atom stereocenters. The molecule has 2 aromatic rings. The molecule has 1 aromatic heterocycles. The summed E-state index contributed by atoms with van der Waals surface area (Å²) in [6.07, 6.45) is 1.36. The minimum atomic E-state index is -1.23. The van der Waals surface area contributed by atoms with Crippen molar-refractivity contribution in [2.24, 2.45) is 0 Å². The number of pyridine rings is 1. The number of hydrogen-bond acceptors (Lipinski definition) is 3. The number of nitrogens with one attached hydrogen (secondary N) is 1. The van der Waals surface area contributed by atoms with Gasteiger partial charge in [-0.1, -0.05) is 0 Å². The number of carbonyl (C=O) groups is 1. The molecule has 1 aromatic carbocycles. The number of H-pyrrole nitrogens is 1. The molecule has 0 spiro atoms. The largest absolute Gasteiger partial charge is 0.506 e. The highest BCUT2D eigenvalue weighted by Gasteiger charge is 2.13. The van der Waals surface area contributed by atoms with Crippen LogP contribution in [0.3, 0.4) is 0 Å². The van der Waals surface area contributed by atoms with E-state index in [9.17, 15) is 14.7 Å². The zero-order valence-corrected chi connectivity index (χ0v) is 7.52. The maximum atomic E-state index is 11.3. The Balaban J connectivity index is 2.92. The van der Waals surface area contributed by atoms with Gasteiger partial charge in [-0.05, 0) is 18.2 Å². The van der Waals surface area contributed by atoms with E-state index >= 15 is 0 Å². The molecule has 0 radical (unpaired) electrons. The van der Waals surface area contributed by atoms with Crippen molar-refractivity contribution in [3.8, 4) is 5.75 Å². The molecule has 0 unspecified atom stereocenters. The smallest absolute Gasteiger partial charge is 0.339 e. The van der Waals surface area contributed by atoms with E-state index in [4.69, 9.17) is 5.11 Å². The van der Waals surface area contributed by atoms with Crippen LogP contribution in [0.5, 0.6) is 5.75 Å². The van der Waals surface area contributed by atoms with Gasteiger partial charge in [-0.25, -0.2) is 4.79 Å². The lowest BCUT2D eigenvalue weighted by atomic mass is 10.1. The van der Waals surface area contributed by atoms with Gasteiger partial charge in [0.25, 0.3) is 5.56 Å². The molecule has 0 saturated carbocycles. The van der Waals surface area contributed by atoms with E-state index < -0.39 is 5.97 Å². The summed E-state index contributed by atoms with van der Waals surface area (Å²) in [6, 6.07) is 4.03. The zero-order valence-electron chi connectivity index (χ0n) is 7.52. The third-order valence-corrected chi connectivity index (χ3v) is 2.16. The number of fused-ring (bicyclic) bond motifs is 1. The molecule has 2 rings (SSSR count). The summed E-state index contributed by atoms with van der Waals surface area (Å²) in [5.41, 5.74) is -0.576. The van der Waals surface area contributed by atoms with Crippen LogP contribution in [-0.4, -0.2) is 21.2 Å². The number of aromatic nitrogens is 1. The van der Waals surface area contributed by atoms with Crippen LogP contribution < -0.4 is 5.56 Å². The molecule has 0 aliphatic carbocycles. The molecule has 76 valence electrons. The summed E-state index contributed by atoms with van der Waals surface area (Å²) in [5, 5.41) is 18.9. The minimum absolute atomic E-state index is 0.215. The van der Waals surface area contributed by atoms with Gasteiger partial charge in [0, 0.05) is 11.6 Å². The van der Waals surface area contributed by atoms with E-state index in [-0.39, 0.29) is 27.6 Å². The van der Waals surface area contributed by atoms with Crippen molar-refractivity contribution in [2.75, 3.05) is 0 Å². The Morgan fingerprint density at radius 2 is 1.93 bits per heavy atom. The number of carboxylic acids is 1. The van der Waals surface area contributed by atoms with Crippen molar-refractivity contribution in [1.82, 2.24) is 4.98 Å². The second kappa shape index (κ2) is 3.13. The van der Waals surface area contributed by atoms with E-state index in [1.807, 2.05) is 0 Å². The molecule has 1 heterocycles. The van der Waals surface area contributed by atoms with Crippen molar-refractivity contribution < 1.29 is 15.0 Å². The number of aromatic carboxylic acids is 1. The van der Waals surface area contributed by atoms with Crippen LogP contribution in [0.4, 0.5) is 0 Å². The van der Waals surface area contributed by atoms with Gasteiger partial charge in [-0.15, -0.1) is 0 Å². The monoisotopic (exact) mass is 205 g/mol. The first-order valence-corrected chi connectivity index (χ1v) is 4.18. The fourth-order valence-electron chi connectivity index (χ4n) is 1.43. The maximum absolute atomic E-state index is 11.3. The van der Waals surface area contributed by atoms with Gasteiger partial charge >= 0.3 is 5.97 Å². The van der Waals surface area contributed by atoms with Crippen molar-refractivity contribution in [3.63, 3.8) is 0 Å². The molecule has 3 N–H and O–H groups in total. The average Bonchev–Trinajstić information content (AvgIpc) is 2.19. The van der Waals surface area contributed by atoms with E-state index in [1.54, 1.807) is 0 Å². The molecule has 0 aliphatic rings. The maximum Gasteiger partial charge on any atom is 0.339 e. The molecular weight excluding hydrogens is 198 g/mol. The highest BCUT2D eigenvalue weighted by atomic mass is 16.4. The van der Waals surface area contributed by atoms with Crippen LogP contribution >= 0.6 is 0 Å². The Bertz CT molecular complexity index is 600. The van der Waals surface area contributed by atoms with E-state index in [1.165, 1.54) is 24.4 Å². The summed E-state index contributed by atoms with van der Waals surface area (Å²) < 4.78 is 0. The van der Waals surface area contributed by atoms with E-state index in [0.29, 0.717) is 0 Å². The Kier molecular flexibility index (Phi) is 1.93. The Hall–Kier alpha value is -2.30. The SMILES string of the molecule is O=C(O)c1ccc2c(=O)[nH]ccc2c1O. The minimum Gasteiger partial charge on any atom is -0.506 e. The Morgan fingerprint density at radius 1 is 1.20 bits per heavy atom. The normalized spacial score (nSPS) is 10.4. The van der Waals surface area contributed by atoms with Crippen molar-refractivity contribution in [1.29, 1.82) is 0 Å². The van der Waals surface area contributed by atoms with Crippen molar-refractivity contribution in [3.05, 3.63) is 40.3 Å². The molecule has 0 amide bonds. The van der Waals surface area contributed by atoms with E-state index in [2.05, 4.69) is 4.98 Å². The second-order valence-corrected chi connectivity index (χ2v) is 3.03. The summed E-state index contributed by atoms with van der Waals surface area (Å²) in [4.78, 5) is 24.4. The summed E-state index contributed by atoms with van der Waals surface area (Å²) in [5.74, 6) is -1.61. The first-order chi connectivity index (χ1) is 7.11. The van der Waals surface area contributed by atoms with Crippen LogP contribution in [0.2, 0.25) is 0 Å². The van der Waals surface area contributed by atoms with Gasteiger partial charge in [-0.3, -0.25) is 4.79 Å². The summed E-state index contributed by atoms with van der Waals surface area (Å²) >= 11 is 0. The molecule has 0 fully saturated rings. The van der Waals surface area contributed by atoms with Crippen molar-refractivity contribution >= 4 is 16.7 Å². The van der Waals surface area contributed by atoms with Gasteiger partial charge in [0.1, 0.15) is 11.3 Å². The Labute approximate surface area is 83.6 Å². The third-order valence-electron chi connectivity index (χ3n) is 2.16. The predicted octanol–water partition coefficient (Wildman–Crippen LogP) is 0.932. The van der Waals surface area contributed by atoms with Crippen LogP contribution in [0, 0.1) is 0 Å². The van der Waals surface area contributed by atoms with Crippen LogP contribution in [0.15, 0.2) is 29.2 Å². The second-order valence-electron chi connectivity index (χ2n) is 3.03. The van der Waals surface area contributed by atoms with Gasteiger partial charge in [0.05, 0.1) is 5.39 Å². The Morgan fingerprint density at radius 3 is 2.60 bits per heavy atom. The van der Waals surface area contributed by atoms with Gasteiger partial charge in [-0.2, -0.15) is 0 Å². The quantitative estimate of drug-likeness (QED) is 0.646. The summed E-state index contributed by atoms with van der Waals surface area (Å²) in [7, 11) is 0. The topological polar surface area (TPSA) is 90.4 Å². The number of aromatic hydroxyl groups is 1. The number of rotatable bonds is 1. The molecule has 15 heavy (non-hydrogen) atoms. The number of phenols is 1. The van der Waals surface area contributed by atoms with E-state index in [0.717, 1.165) is 0 Å². The molecule has 5 heteroatoms. The first-order valence-electron chi connectivity index (χ1n) is 4.18. The number of carboxylic acid groups (broad SMARTS) is 1. The average molecular weight is 205 g/mol. The zero-order chi connectivity index (χ0) is 11.0. The number of benzene rings is 1. The first kappa shape index (κ1) is 9.26. The number of hydrogen-bond donors (Lipinski definition) is 3.